The van der Waals surface area contributed by atoms with Gasteiger partial charge in [0.05, 0.1) is 4.92 Å². The lowest BCUT2D eigenvalue weighted by Crippen LogP contribution is -2.18. The molecule has 1 aromatic carbocycles. The van der Waals surface area contributed by atoms with E-state index in [1.54, 1.807) is 12.1 Å². The Morgan fingerprint density at radius 3 is 2.47 bits per heavy atom. The SMILES string of the molecule is C[C@H](N=Cc1ccc([N+](=O)[O-])cc1)C1CCCCC1. The van der Waals surface area contributed by atoms with Crippen molar-refractivity contribution in [3.05, 3.63) is 39.9 Å². The minimum Gasteiger partial charge on any atom is -0.289 e. The molecule has 1 atom stereocenters. The highest BCUT2D eigenvalue weighted by atomic mass is 16.6. The van der Waals surface area contributed by atoms with Gasteiger partial charge in [0.2, 0.25) is 0 Å². The number of non-ortho nitro benzene ring substituents is 1. The summed E-state index contributed by atoms with van der Waals surface area (Å²) in [6.45, 7) is 2.16. The van der Waals surface area contributed by atoms with Crippen LogP contribution in [0.5, 0.6) is 0 Å². The summed E-state index contributed by atoms with van der Waals surface area (Å²) < 4.78 is 0. The van der Waals surface area contributed by atoms with Gasteiger partial charge in [-0.1, -0.05) is 19.3 Å². The first-order chi connectivity index (χ1) is 9.16. The summed E-state index contributed by atoms with van der Waals surface area (Å²) in [7, 11) is 0. The first-order valence-corrected chi connectivity index (χ1v) is 6.94. The van der Waals surface area contributed by atoms with Gasteiger partial charge in [-0.3, -0.25) is 15.1 Å². The number of aliphatic imine (C=N–C) groups is 1. The van der Waals surface area contributed by atoms with E-state index in [-0.39, 0.29) is 10.6 Å². The number of nitro groups is 1. The lowest BCUT2D eigenvalue weighted by Gasteiger charge is -2.24. The molecule has 0 aliphatic heterocycles. The molecule has 0 saturated heterocycles. The van der Waals surface area contributed by atoms with Gasteiger partial charge in [0, 0.05) is 24.4 Å². The molecular formula is C15H20N2O2. The average molecular weight is 260 g/mol. The van der Waals surface area contributed by atoms with E-state index in [0.717, 1.165) is 5.56 Å². The van der Waals surface area contributed by atoms with E-state index in [1.807, 2.05) is 6.21 Å². The van der Waals surface area contributed by atoms with Gasteiger partial charge in [-0.15, -0.1) is 0 Å². The second kappa shape index (κ2) is 6.45. The molecule has 1 aromatic rings. The van der Waals surface area contributed by atoms with Gasteiger partial charge in [0.15, 0.2) is 0 Å². The molecule has 1 fully saturated rings. The molecule has 102 valence electrons. The molecule has 4 heteroatoms. The second-order valence-electron chi connectivity index (χ2n) is 5.27. The van der Waals surface area contributed by atoms with Crippen molar-refractivity contribution in [3.8, 4) is 0 Å². The van der Waals surface area contributed by atoms with Crippen LogP contribution < -0.4 is 0 Å². The van der Waals surface area contributed by atoms with E-state index >= 15 is 0 Å². The van der Waals surface area contributed by atoms with E-state index in [4.69, 9.17) is 0 Å². The van der Waals surface area contributed by atoms with E-state index in [0.29, 0.717) is 12.0 Å². The zero-order chi connectivity index (χ0) is 13.7. The lowest BCUT2D eigenvalue weighted by atomic mass is 9.85. The summed E-state index contributed by atoms with van der Waals surface area (Å²) >= 11 is 0. The standard InChI is InChI=1S/C15H20N2O2/c1-12(14-5-3-2-4-6-14)16-11-13-7-9-15(10-8-13)17(18)19/h7-12,14H,2-6H2,1H3/t12-/m0/s1. The third-order valence-electron chi connectivity index (χ3n) is 3.89. The maximum atomic E-state index is 10.6. The van der Waals surface area contributed by atoms with Gasteiger partial charge in [-0.25, -0.2) is 0 Å². The van der Waals surface area contributed by atoms with Crippen molar-refractivity contribution >= 4 is 11.9 Å². The minimum atomic E-state index is -0.383. The highest BCUT2D eigenvalue weighted by Gasteiger charge is 2.18. The number of rotatable bonds is 4. The minimum absolute atomic E-state index is 0.123. The zero-order valence-electron chi connectivity index (χ0n) is 11.3. The molecule has 2 rings (SSSR count). The Morgan fingerprint density at radius 2 is 1.89 bits per heavy atom. The van der Waals surface area contributed by atoms with Crippen molar-refractivity contribution in [2.24, 2.45) is 10.9 Å². The van der Waals surface area contributed by atoms with Crippen molar-refractivity contribution < 1.29 is 4.92 Å². The first kappa shape index (κ1) is 13.7. The summed E-state index contributed by atoms with van der Waals surface area (Å²) in [5.74, 6) is 0.697. The molecule has 4 nitrogen and oxygen atoms in total. The zero-order valence-corrected chi connectivity index (χ0v) is 11.3. The fourth-order valence-corrected chi connectivity index (χ4v) is 2.62. The third kappa shape index (κ3) is 3.88. The maximum Gasteiger partial charge on any atom is 0.269 e. The Hall–Kier alpha value is -1.71. The molecule has 0 bridgehead atoms. The van der Waals surface area contributed by atoms with Crippen LogP contribution in [0, 0.1) is 16.0 Å². The van der Waals surface area contributed by atoms with Crippen LogP contribution in [0.1, 0.15) is 44.6 Å². The van der Waals surface area contributed by atoms with Crippen LogP contribution >= 0.6 is 0 Å². The molecule has 0 radical (unpaired) electrons. The highest BCUT2D eigenvalue weighted by Crippen LogP contribution is 2.27. The fourth-order valence-electron chi connectivity index (χ4n) is 2.62. The molecule has 1 saturated carbocycles. The summed E-state index contributed by atoms with van der Waals surface area (Å²) in [4.78, 5) is 14.8. The van der Waals surface area contributed by atoms with Crippen LogP contribution in [0.25, 0.3) is 0 Å². The van der Waals surface area contributed by atoms with Crippen LogP contribution in [0.2, 0.25) is 0 Å². The number of hydrogen-bond acceptors (Lipinski definition) is 3. The molecular weight excluding hydrogens is 240 g/mol. The Kier molecular flexibility index (Phi) is 4.66. The third-order valence-corrected chi connectivity index (χ3v) is 3.89. The predicted molar refractivity (Wildman–Crippen MR) is 76.7 cm³/mol. The maximum absolute atomic E-state index is 10.6. The molecule has 0 N–H and O–H groups in total. The van der Waals surface area contributed by atoms with Crippen LogP contribution in [0.4, 0.5) is 5.69 Å². The lowest BCUT2D eigenvalue weighted by molar-refractivity contribution is -0.384. The summed E-state index contributed by atoms with van der Waals surface area (Å²) in [5.41, 5.74) is 1.05. The van der Waals surface area contributed by atoms with E-state index in [9.17, 15) is 10.1 Å². The quantitative estimate of drug-likeness (QED) is 0.467. The number of nitrogens with zero attached hydrogens (tertiary/aromatic N) is 2. The summed E-state index contributed by atoms with van der Waals surface area (Å²) in [5, 5.41) is 10.6. The van der Waals surface area contributed by atoms with E-state index in [1.165, 1.54) is 44.2 Å². The van der Waals surface area contributed by atoms with Crippen molar-refractivity contribution in [2.45, 2.75) is 45.1 Å². The molecule has 1 aliphatic rings. The first-order valence-electron chi connectivity index (χ1n) is 6.94. The van der Waals surface area contributed by atoms with Crippen LogP contribution in [0.3, 0.4) is 0 Å². The van der Waals surface area contributed by atoms with Crippen molar-refractivity contribution in [3.63, 3.8) is 0 Å². The summed E-state index contributed by atoms with van der Waals surface area (Å²) in [6, 6.07) is 6.87. The summed E-state index contributed by atoms with van der Waals surface area (Å²) in [6.07, 6.45) is 8.39. The van der Waals surface area contributed by atoms with Crippen molar-refractivity contribution in [1.82, 2.24) is 0 Å². The largest absolute Gasteiger partial charge is 0.289 e. The highest BCUT2D eigenvalue weighted by molar-refractivity contribution is 5.80. The molecule has 0 unspecified atom stereocenters. The van der Waals surface area contributed by atoms with E-state index < -0.39 is 0 Å². The molecule has 0 amide bonds. The van der Waals surface area contributed by atoms with Gasteiger partial charge in [-0.2, -0.15) is 0 Å². The number of hydrogen-bond donors (Lipinski definition) is 0. The van der Waals surface area contributed by atoms with Gasteiger partial charge in [-0.05, 0) is 43.4 Å². The van der Waals surface area contributed by atoms with Crippen molar-refractivity contribution in [1.29, 1.82) is 0 Å². The Balaban J connectivity index is 1.95. The number of nitro benzene ring substituents is 1. The molecule has 0 heterocycles. The normalized spacial score (nSPS) is 18.6. The number of benzene rings is 1. The average Bonchev–Trinajstić information content (AvgIpc) is 2.46. The van der Waals surface area contributed by atoms with Gasteiger partial charge < -0.3 is 0 Å². The van der Waals surface area contributed by atoms with Gasteiger partial charge in [0.25, 0.3) is 5.69 Å². The van der Waals surface area contributed by atoms with Crippen LogP contribution in [-0.4, -0.2) is 17.2 Å². The molecule has 0 spiro atoms. The Morgan fingerprint density at radius 1 is 1.26 bits per heavy atom. The van der Waals surface area contributed by atoms with Crippen LogP contribution in [0.15, 0.2) is 29.3 Å². The fraction of sp³-hybridized carbons (Fsp3) is 0.533. The van der Waals surface area contributed by atoms with Crippen LogP contribution in [-0.2, 0) is 0 Å². The smallest absolute Gasteiger partial charge is 0.269 e. The monoisotopic (exact) mass is 260 g/mol. The molecule has 1 aliphatic carbocycles. The molecule has 19 heavy (non-hydrogen) atoms. The Labute approximate surface area is 113 Å². The predicted octanol–water partition coefficient (Wildman–Crippen LogP) is 3.98. The van der Waals surface area contributed by atoms with Gasteiger partial charge in [0.1, 0.15) is 0 Å². The van der Waals surface area contributed by atoms with Gasteiger partial charge >= 0.3 is 0 Å². The van der Waals surface area contributed by atoms with E-state index in [2.05, 4.69) is 11.9 Å². The topological polar surface area (TPSA) is 55.5 Å². The van der Waals surface area contributed by atoms with Crippen molar-refractivity contribution in [2.75, 3.05) is 0 Å². The Bertz CT molecular complexity index is 448. The molecule has 0 aromatic heterocycles. The second-order valence-corrected chi connectivity index (χ2v) is 5.27.